The standard InChI is InChI=1S/C14H16BrClN2O3/c1-2-17-13(19)12-8-21-6-5-18(12)14(20)9-3-4-10(15)11(16)7-9/h3-4,7,12H,2,5-6,8H2,1H3,(H,17,19). The number of carbonyl (C=O) groups is 2. The number of rotatable bonds is 3. The van der Waals surface area contributed by atoms with Crippen molar-refractivity contribution < 1.29 is 14.3 Å². The highest BCUT2D eigenvalue weighted by atomic mass is 79.9. The molecule has 0 radical (unpaired) electrons. The average Bonchev–Trinajstić information content (AvgIpc) is 2.49. The molecule has 1 heterocycles. The second-order valence-corrected chi connectivity index (χ2v) is 5.87. The zero-order valence-electron chi connectivity index (χ0n) is 11.6. The number of nitrogens with zero attached hydrogens (tertiary/aromatic N) is 1. The Hall–Kier alpha value is -1.11. The van der Waals surface area contributed by atoms with E-state index < -0.39 is 6.04 Å². The van der Waals surface area contributed by atoms with E-state index in [4.69, 9.17) is 16.3 Å². The van der Waals surface area contributed by atoms with Crippen molar-refractivity contribution in [2.24, 2.45) is 0 Å². The number of ether oxygens (including phenoxy) is 1. The lowest BCUT2D eigenvalue weighted by atomic mass is 10.1. The molecule has 0 aromatic heterocycles. The van der Waals surface area contributed by atoms with Crippen LogP contribution >= 0.6 is 27.5 Å². The predicted molar refractivity (Wildman–Crippen MR) is 83.5 cm³/mol. The lowest BCUT2D eigenvalue weighted by Gasteiger charge is -2.34. The number of benzene rings is 1. The van der Waals surface area contributed by atoms with Gasteiger partial charge in [-0.15, -0.1) is 0 Å². The Labute approximate surface area is 136 Å². The highest BCUT2D eigenvalue weighted by molar-refractivity contribution is 9.10. The molecule has 114 valence electrons. The number of morpholine rings is 1. The summed E-state index contributed by atoms with van der Waals surface area (Å²) in [6.07, 6.45) is 0. The zero-order chi connectivity index (χ0) is 15.4. The first-order chi connectivity index (χ1) is 10.0. The van der Waals surface area contributed by atoms with Gasteiger partial charge >= 0.3 is 0 Å². The molecule has 1 aliphatic rings. The van der Waals surface area contributed by atoms with Gasteiger partial charge in [0.15, 0.2) is 0 Å². The van der Waals surface area contributed by atoms with Gasteiger partial charge in [-0.2, -0.15) is 0 Å². The normalized spacial score (nSPS) is 18.4. The number of hydrogen-bond donors (Lipinski definition) is 1. The van der Waals surface area contributed by atoms with Crippen LogP contribution in [0.5, 0.6) is 0 Å². The summed E-state index contributed by atoms with van der Waals surface area (Å²) in [6.45, 7) is 3.37. The van der Waals surface area contributed by atoms with Gasteiger partial charge in [0.25, 0.3) is 5.91 Å². The summed E-state index contributed by atoms with van der Waals surface area (Å²) in [5.74, 6) is -0.419. The highest BCUT2D eigenvalue weighted by Gasteiger charge is 2.33. The van der Waals surface area contributed by atoms with E-state index in [-0.39, 0.29) is 18.4 Å². The number of amides is 2. The van der Waals surface area contributed by atoms with Gasteiger partial charge in [-0.1, -0.05) is 11.6 Å². The van der Waals surface area contributed by atoms with Crippen LogP contribution in [0.25, 0.3) is 0 Å². The van der Waals surface area contributed by atoms with Crippen LogP contribution in [0.15, 0.2) is 22.7 Å². The smallest absolute Gasteiger partial charge is 0.254 e. The monoisotopic (exact) mass is 374 g/mol. The number of hydrogen-bond acceptors (Lipinski definition) is 3. The molecule has 0 bridgehead atoms. The van der Waals surface area contributed by atoms with Crippen molar-refractivity contribution in [1.29, 1.82) is 0 Å². The van der Waals surface area contributed by atoms with Crippen molar-refractivity contribution in [3.8, 4) is 0 Å². The molecule has 1 fully saturated rings. The van der Waals surface area contributed by atoms with E-state index in [0.29, 0.717) is 30.3 Å². The van der Waals surface area contributed by atoms with Gasteiger partial charge in [-0.25, -0.2) is 0 Å². The van der Waals surface area contributed by atoms with Crippen LogP contribution in [0.1, 0.15) is 17.3 Å². The molecule has 1 unspecified atom stereocenters. The van der Waals surface area contributed by atoms with Gasteiger partial charge in [0, 0.05) is 23.1 Å². The zero-order valence-corrected chi connectivity index (χ0v) is 13.9. The van der Waals surface area contributed by atoms with Crippen molar-refractivity contribution in [3.05, 3.63) is 33.3 Å². The van der Waals surface area contributed by atoms with Crippen LogP contribution < -0.4 is 5.32 Å². The molecule has 2 rings (SSSR count). The highest BCUT2D eigenvalue weighted by Crippen LogP contribution is 2.24. The SMILES string of the molecule is CCNC(=O)C1COCCN1C(=O)c1ccc(Br)c(Cl)c1. The van der Waals surface area contributed by atoms with Crippen LogP contribution in [-0.4, -0.2) is 49.1 Å². The Bertz CT molecular complexity index is 553. The minimum absolute atomic E-state index is 0.200. The van der Waals surface area contributed by atoms with E-state index in [0.717, 1.165) is 4.47 Å². The molecule has 7 heteroatoms. The lowest BCUT2D eigenvalue weighted by Crippen LogP contribution is -2.55. The molecule has 0 aliphatic carbocycles. The molecule has 1 aromatic rings. The van der Waals surface area contributed by atoms with E-state index in [1.54, 1.807) is 18.2 Å². The first-order valence-corrected chi connectivity index (χ1v) is 7.83. The molecule has 1 atom stereocenters. The molecule has 5 nitrogen and oxygen atoms in total. The molecule has 0 saturated carbocycles. The number of likely N-dealkylation sites (N-methyl/N-ethyl adjacent to an activating group) is 1. The van der Waals surface area contributed by atoms with Crippen LogP contribution in [0.2, 0.25) is 5.02 Å². The molecule has 0 spiro atoms. The van der Waals surface area contributed by atoms with Gasteiger partial charge in [-0.05, 0) is 41.1 Å². The van der Waals surface area contributed by atoms with Crippen LogP contribution in [0.3, 0.4) is 0 Å². The summed E-state index contributed by atoms with van der Waals surface area (Å²) < 4.78 is 6.05. The minimum atomic E-state index is -0.603. The van der Waals surface area contributed by atoms with Gasteiger partial charge in [-0.3, -0.25) is 9.59 Å². The predicted octanol–water partition coefficient (Wildman–Crippen LogP) is 2.08. The van der Waals surface area contributed by atoms with E-state index in [1.807, 2.05) is 6.92 Å². The number of carbonyl (C=O) groups excluding carboxylic acids is 2. The lowest BCUT2D eigenvalue weighted by molar-refractivity contribution is -0.130. The van der Waals surface area contributed by atoms with Gasteiger partial charge < -0.3 is 15.0 Å². The first-order valence-electron chi connectivity index (χ1n) is 6.66. The van der Waals surface area contributed by atoms with Crippen LogP contribution in [0.4, 0.5) is 0 Å². The van der Waals surface area contributed by atoms with E-state index >= 15 is 0 Å². The first kappa shape index (κ1) is 16.3. The van der Waals surface area contributed by atoms with Gasteiger partial charge in [0.1, 0.15) is 6.04 Å². The molecule has 1 N–H and O–H groups in total. The topological polar surface area (TPSA) is 58.6 Å². The Morgan fingerprint density at radius 2 is 2.29 bits per heavy atom. The summed E-state index contributed by atoms with van der Waals surface area (Å²) in [5, 5.41) is 3.19. The van der Waals surface area contributed by atoms with E-state index in [2.05, 4.69) is 21.2 Å². The van der Waals surface area contributed by atoms with Gasteiger partial charge in [0.05, 0.1) is 18.2 Å². The fourth-order valence-electron chi connectivity index (χ4n) is 2.15. The summed E-state index contributed by atoms with van der Waals surface area (Å²) >= 11 is 9.31. The number of halogens is 2. The third kappa shape index (κ3) is 3.75. The third-order valence-corrected chi connectivity index (χ3v) is 4.44. The summed E-state index contributed by atoms with van der Waals surface area (Å²) in [7, 11) is 0. The minimum Gasteiger partial charge on any atom is -0.377 e. The molecule has 1 aliphatic heterocycles. The number of nitrogens with one attached hydrogen (secondary N) is 1. The molecule has 2 amide bonds. The molecular weight excluding hydrogens is 360 g/mol. The van der Waals surface area contributed by atoms with Crippen molar-refractivity contribution in [3.63, 3.8) is 0 Å². The van der Waals surface area contributed by atoms with E-state index in [9.17, 15) is 9.59 Å². The molecule has 21 heavy (non-hydrogen) atoms. The Morgan fingerprint density at radius 1 is 1.52 bits per heavy atom. The van der Waals surface area contributed by atoms with Crippen molar-refractivity contribution in [1.82, 2.24) is 10.2 Å². The molecule has 1 saturated heterocycles. The quantitative estimate of drug-likeness (QED) is 0.880. The van der Waals surface area contributed by atoms with Gasteiger partial charge in [0.2, 0.25) is 5.91 Å². The maximum atomic E-state index is 12.6. The van der Waals surface area contributed by atoms with Crippen molar-refractivity contribution in [2.75, 3.05) is 26.3 Å². The van der Waals surface area contributed by atoms with E-state index in [1.165, 1.54) is 4.90 Å². The fraction of sp³-hybridized carbons (Fsp3) is 0.429. The largest absolute Gasteiger partial charge is 0.377 e. The maximum absolute atomic E-state index is 12.6. The molecule has 1 aromatic carbocycles. The van der Waals surface area contributed by atoms with Crippen molar-refractivity contribution in [2.45, 2.75) is 13.0 Å². The summed E-state index contributed by atoms with van der Waals surface area (Å²) in [4.78, 5) is 26.2. The average molecular weight is 376 g/mol. The second kappa shape index (κ2) is 7.24. The Morgan fingerprint density at radius 3 is 2.95 bits per heavy atom. The molecular formula is C14H16BrClN2O3. The van der Waals surface area contributed by atoms with Crippen LogP contribution in [0, 0.1) is 0 Å². The fourth-order valence-corrected chi connectivity index (χ4v) is 2.58. The third-order valence-electron chi connectivity index (χ3n) is 3.21. The summed E-state index contributed by atoms with van der Waals surface area (Å²) in [6, 6.07) is 4.39. The Balaban J connectivity index is 2.21. The summed E-state index contributed by atoms with van der Waals surface area (Å²) in [5.41, 5.74) is 0.458. The Kier molecular flexibility index (Phi) is 5.61. The van der Waals surface area contributed by atoms with Crippen LogP contribution in [-0.2, 0) is 9.53 Å². The maximum Gasteiger partial charge on any atom is 0.254 e. The van der Waals surface area contributed by atoms with Crippen molar-refractivity contribution >= 4 is 39.3 Å². The second-order valence-electron chi connectivity index (χ2n) is 4.61.